The number of benzene rings is 1. The third-order valence-corrected chi connectivity index (χ3v) is 3.27. The molecule has 8 heteroatoms. The van der Waals surface area contributed by atoms with Gasteiger partial charge in [-0.3, -0.25) is 4.79 Å². The molecule has 0 aliphatic rings. The van der Waals surface area contributed by atoms with Gasteiger partial charge in [-0.15, -0.1) is 0 Å². The fraction of sp³-hybridized carbons (Fsp3) is 0.273. The van der Waals surface area contributed by atoms with Gasteiger partial charge >= 0.3 is 0 Å². The molecule has 1 atom stereocenters. The number of amides is 1. The molecule has 0 aromatic heterocycles. The molecule has 1 rings (SSSR count). The molecule has 0 saturated heterocycles. The minimum absolute atomic E-state index is 0.179. The van der Waals surface area contributed by atoms with Gasteiger partial charge in [-0.25, -0.2) is 0 Å². The topological polar surface area (TPSA) is 87.7 Å². The summed E-state index contributed by atoms with van der Waals surface area (Å²) in [6, 6.07) is 2.91. The molecule has 0 saturated carbocycles. The summed E-state index contributed by atoms with van der Waals surface area (Å²) in [5, 5.41) is 14.8. The SMILES string of the molecule is CCC(C(=O)Nc1c(Cl)cc(Cl)cc1Cl)C(N)=NO. The maximum absolute atomic E-state index is 12.0. The number of nitrogens with one attached hydrogen (secondary N) is 1. The highest BCUT2D eigenvalue weighted by Crippen LogP contribution is 2.34. The van der Waals surface area contributed by atoms with Crippen LogP contribution in [-0.2, 0) is 4.79 Å². The molecule has 0 aliphatic carbocycles. The number of nitrogens with zero attached hydrogens (tertiary/aromatic N) is 1. The molecule has 1 aromatic rings. The number of hydrogen-bond donors (Lipinski definition) is 3. The first-order valence-corrected chi connectivity index (χ1v) is 6.46. The number of oxime groups is 1. The molecule has 104 valence electrons. The van der Waals surface area contributed by atoms with Crippen molar-refractivity contribution >= 4 is 52.2 Å². The van der Waals surface area contributed by atoms with Gasteiger partial charge in [0.1, 0.15) is 0 Å². The fourth-order valence-electron chi connectivity index (χ4n) is 1.47. The maximum atomic E-state index is 12.0. The lowest BCUT2D eigenvalue weighted by atomic mass is 10.0. The number of nitrogens with two attached hydrogens (primary N) is 1. The van der Waals surface area contributed by atoms with E-state index in [1.807, 2.05) is 0 Å². The number of amidine groups is 1. The van der Waals surface area contributed by atoms with E-state index in [1.165, 1.54) is 12.1 Å². The zero-order valence-electron chi connectivity index (χ0n) is 9.95. The van der Waals surface area contributed by atoms with E-state index in [9.17, 15) is 4.79 Å². The molecule has 0 radical (unpaired) electrons. The zero-order valence-corrected chi connectivity index (χ0v) is 12.2. The average Bonchev–Trinajstić information content (AvgIpc) is 2.34. The standard InChI is InChI=1S/C11H12Cl3N3O2/c1-2-6(10(15)17-19)11(18)16-9-7(13)3-5(12)4-8(9)14/h3-4,6,19H,2H2,1H3,(H2,15,17)(H,16,18). The van der Waals surface area contributed by atoms with Gasteiger partial charge in [-0.2, -0.15) is 0 Å². The van der Waals surface area contributed by atoms with Crippen molar-refractivity contribution < 1.29 is 10.0 Å². The van der Waals surface area contributed by atoms with Gasteiger partial charge in [0.2, 0.25) is 5.91 Å². The van der Waals surface area contributed by atoms with Crippen molar-refractivity contribution in [3.63, 3.8) is 0 Å². The summed E-state index contributed by atoms with van der Waals surface area (Å²) in [6.45, 7) is 1.73. The molecule has 0 bridgehead atoms. The Labute approximate surface area is 125 Å². The third-order valence-electron chi connectivity index (χ3n) is 2.45. The molecule has 0 aliphatic heterocycles. The second-order valence-electron chi connectivity index (χ2n) is 3.72. The van der Waals surface area contributed by atoms with Crippen LogP contribution in [0.4, 0.5) is 5.69 Å². The lowest BCUT2D eigenvalue weighted by Gasteiger charge is -2.15. The number of carbonyl (C=O) groups excluding carboxylic acids is 1. The van der Waals surface area contributed by atoms with Gasteiger partial charge in [0.25, 0.3) is 0 Å². The van der Waals surface area contributed by atoms with Gasteiger partial charge in [0.05, 0.1) is 21.7 Å². The molecule has 1 aromatic carbocycles. The molecule has 0 spiro atoms. The Morgan fingerprint density at radius 2 is 1.95 bits per heavy atom. The molecular weight excluding hydrogens is 312 g/mol. The number of anilines is 1. The van der Waals surface area contributed by atoms with E-state index in [-0.39, 0.29) is 21.6 Å². The van der Waals surface area contributed by atoms with E-state index >= 15 is 0 Å². The smallest absolute Gasteiger partial charge is 0.235 e. The van der Waals surface area contributed by atoms with E-state index in [0.29, 0.717) is 11.4 Å². The Morgan fingerprint density at radius 1 is 1.42 bits per heavy atom. The van der Waals surface area contributed by atoms with Crippen molar-refractivity contribution in [3.05, 3.63) is 27.2 Å². The molecule has 4 N–H and O–H groups in total. The van der Waals surface area contributed by atoms with Crippen molar-refractivity contribution in [1.29, 1.82) is 0 Å². The van der Waals surface area contributed by atoms with E-state index in [4.69, 9.17) is 45.7 Å². The van der Waals surface area contributed by atoms with Crippen LogP contribution in [0.2, 0.25) is 15.1 Å². The van der Waals surface area contributed by atoms with Crippen molar-refractivity contribution in [2.45, 2.75) is 13.3 Å². The van der Waals surface area contributed by atoms with Crippen LogP contribution in [0.25, 0.3) is 0 Å². The van der Waals surface area contributed by atoms with Crippen LogP contribution in [0, 0.1) is 5.92 Å². The summed E-state index contributed by atoms with van der Waals surface area (Å²) < 4.78 is 0. The second kappa shape index (κ2) is 6.84. The Hall–Kier alpha value is -1.17. The molecule has 5 nitrogen and oxygen atoms in total. The van der Waals surface area contributed by atoms with E-state index in [1.54, 1.807) is 6.92 Å². The van der Waals surface area contributed by atoms with Gasteiger partial charge in [0, 0.05) is 5.02 Å². The predicted molar refractivity (Wildman–Crippen MR) is 77.3 cm³/mol. The van der Waals surface area contributed by atoms with E-state index < -0.39 is 11.8 Å². The molecule has 0 heterocycles. The summed E-state index contributed by atoms with van der Waals surface area (Å²) in [5.41, 5.74) is 5.67. The summed E-state index contributed by atoms with van der Waals surface area (Å²) in [5.74, 6) is -1.42. The number of rotatable bonds is 4. The lowest BCUT2D eigenvalue weighted by molar-refractivity contribution is -0.118. The molecule has 0 fully saturated rings. The van der Waals surface area contributed by atoms with Crippen LogP contribution in [0.3, 0.4) is 0 Å². The minimum Gasteiger partial charge on any atom is -0.409 e. The van der Waals surface area contributed by atoms with Crippen LogP contribution in [0.1, 0.15) is 13.3 Å². The van der Waals surface area contributed by atoms with Gasteiger partial charge in [0.15, 0.2) is 5.84 Å². The van der Waals surface area contributed by atoms with Crippen LogP contribution in [0.15, 0.2) is 17.3 Å². The van der Waals surface area contributed by atoms with Crippen molar-refractivity contribution in [2.75, 3.05) is 5.32 Å². The summed E-state index contributed by atoms with van der Waals surface area (Å²) in [4.78, 5) is 12.0. The third kappa shape index (κ3) is 3.89. The first kappa shape index (κ1) is 15.9. The molecule has 19 heavy (non-hydrogen) atoms. The van der Waals surface area contributed by atoms with Crippen LogP contribution >= 0.6 is 34.8 Å². The Morgan fingerprint density at radius 3 is 2.37 bits per heavy atom. The van der Waals surface area contributed by atoms with Gasteiger partial charge in [-0.05, 0) is 18.6 Å². The first-order valence-electron chi connectivity index (χ1n) is 5.33. The largest absolute Gasteiger partial charge is 0.409 e. The quantitative estimate of drug-likeness (QED) is 0.343. The summed E-state index contributed by atoms with van der Waals surface area (Å²) >= 11 is 17.7. The van der Waals surface area contributed by atoms with Crippen LogP contribution in [0.5, 0.6) is 0 Å². The zero-order chi connectivity index (χ0) is 14.6. The lowest BCUT2D eigenvalue weighted by Crippen LogP contribution is -2.34. The van der Waals surface area contributed by atoms with Crippen LogP contribution in [-0.4, -0.2) is 17.0 Å². The number of carbonyl (C=O) groups is 1. The number of halogens is 3. The normalized spacial score (nSPS) is 13.2. The first-order chi connectivity index (χ1) is 8.90. The van der Waals surface area contributed by atoms with Gasteiger partial charge in [-0.1, -0.05) is 46.9 Å². The van der Waals surface area contributed by atoms with Crippen molar-refractivity contribution in [3.8, 4) is 0 Å². The highest BCUT2D eigenvalue weighted by atomic mass is 35.5. The summed E-state index contributed by atoms with van der Waals surface area (Å²) in [6.07, 6.45) is 0.366. The van der Waals surface area contributed by atoms with E-state index in [0.717, 1.165) is 0 Å². The summed E-state index contributed by atoms with van der Waals surface area (Å²) in [7, 11) is 0. The highest BCUT2D eigenvalue weighted by Gasteiger charge is 2.23. The fourth-order valence-corrected chi connectivity index (χ4v) is 2.38. The van der Waals surface area contributed by atoms with Crippen molar-refractivity contribution in [1.82, 2.24) is 0 Å². The highest BCUT2D eigenvalue weighted by molar-refractivity contribution is 6.42. The molecule has 1 unspecified atom stereocenters. The average molecular weight is 325 g/mol. The van der Waals surface area contributed by atoms with Crippen molar-refractivity contribution in [2.24, 2.45) is 16.8 Å². The van der Waals surface area contributed by atoms with Crippen LogP contribution < -0.4 is 11.1 Å². The Bertz CT molecular complexity index is 497. The Kier molecular flexibility index (Phi) is 5.72. The number of hydrogen-bond acceptors (Lipinski definition) is 3. The minimum atomic E-state index is -0.771. The molecule has 1 amide bonds. The second-order valence-corrected chi connectivity index (χ2v) is 4.97. The predicted octanol–water partition coefficient (Wildman–Crippen LogP) is 3.36. The maximum Gasteiger partial charge on any atom is 0.235 e. The Balaban J connectivity index is 3.00. The molecular formula is C11H12Cl3N3O2. The van der Waals surface area contributed by atoms with E-state index in [2.05, 4.69) is 10.5 Å². The monoisotopic (exact) mass is 323 g/mol. The van der Waals surface area contributed by atoms with Gasteiger partial charge < -0.3 is 16.3 Å².